The fraction of sp³-hybridized carbons (Fsp3) is 0. The van der Waals surface area contributed by atoms with Gasteiger partial charge in [-0.15, -0.1) is 34.0 Å². The van der Waals surface area contributed by atoms with E-state index in [1.54, 1.807) is 0 Å². The topological polar surface area (TPSA) is 38.9 Å². The molecule has 0 unspecified atom stereocenters. The van der Waals surface area contributed by atoms with Crippen LogP contribution in [0.4, 0.5) is 5.13 Å². The Morgan fingerprint density at radius 3 is 2.50 bits per heavy atom. The minimum absolute atomic E-state index is 0. The fourth-order valence-corrected chi connectivity index (χ4v) is 1.62. The number of hydrogen-bond acceptors (Lipinski definition) is 3. The molecule has 0 aliphatic rings. The van der Waals surface area contributed by atoms with Crippen molar-refractivity contribution in [2.45, 2.75) is 0 Å². The van der Waals surface area contributed by atoms with Crippen LogP contribution in [0.25, 0.3) is 10.2 Å². The lowest BCUT2D eigenvalue weighted by molar-refractivity contribution is 1.50. The molecule has 1 heterocycles. The molecule has 0 bridgehead atoms. The molecule has 0 saturated carbocycles. The Hall–Kier alpha value is -0.130. The summed E-state index contributed by atoms with van der Waals surface area (Å²) in [4.78, 5) is 4.11. The second-order valence-electron chi connectivity index (χ2n) is 2.02. The van der Waals surface area contributed by atoms with Crippen LogP contribution >= 0.6 is 45.3 Å². The first kappa shape index (κ1) is 11.9. The van der Waals surface area contributed by atoms with Crippen LogP contribution in [-0.4, -0.2) is 4.98 Å². The average molecular weight is 312 g/mol. The lowest BCUT2D eigenvalue weighted by atomic mass is 10.3. The Morgan fingerprint density at radius 1 is 1.17 bits per heavy atom. The van der Waals surface area contributed by atoms with Gasteiger partial charge < -0.3 is 5.73 Å². The summed E-state index contributed by atoms with van der Waals surface area (Å²) in [7, 11) is 0. The van der Waals surface area contributed by atoms with Crippen LogP contribution in [0.1, 0.15) is 0 Å². The number of para-hydroxylation sites is 1. The lowest BCUT2D eigenvalue weighted by Crippen LogP contribution is -1.78. The van der Waals surface area contributed by atoms with E-state index in [0.29, 0.717) is 5.13 Å². The van der Waals surface area contributed by atoms with Gasteiger partial charge in [0, 0.05) is 0 Å². The number of halogens is 2. The molecule has 0 atom stereocenters. The summed E-state index contributed by atoms with van der Waals surface area (Å²) in [6.07, 6.45) is 0. The van der Waals surface area contributed by atoms with E-state index >= 15 is 0 Å². The molecule has 0 fully saturated rings. The zero-order valence-electron chi connectivity index (χ0n) is 6.06. The predicted molar refractivity (Wildman–Crippen MR) is 64.7 cm³/mol. The van der Waals surface area contributed by atoms with Crippen molar-refractivity contribution < 1.29 is 0 Å². The number of nitrogens with two attached hydrogens (primary N) is 1. The molecule has 2 N–H and O–H groups in total. The molecule has 1 aromatic carbocycles. The Morgan fingerprint density at radius 2 is 1.83 bits per heavy atom. The molecular weight excluding hydrogens is 304 g/mol. The van der Waals surface area contributed by atoms with Gasteiger partial charge in [0.25, 0.3) is 0 Å². The third-order valence-electron chi connectivity index (χ3n) is 1.31. The Labute approximate surface area is 95.3 Å². The fourth-order valence-electron chi connectivity index (χ4n) is 0.890. The molecule has 0 radical (unpaired) electrons. The highest BCUT2D eigenvalue weighted by Crippen LogP contribution is 2.22. The first-order valence-corrected chi connectivity index (χ1v) is 3.79. The quantitative estimate of drug-likeness (QED) is 0.812. The van der Waals surface area contributed by atoms with E-state index < -0.39 is 0 Å². The van der Waals surface area contributed by atoms with E-state index in [4.69, 9.17) is 5.73 Å². The van der Waals surface area contributed by atoms with E-state index in [1.807, 2.05) is 24.3 Å². The molecule has 66 valence electrons. The van der Waals surface area contributed by atoms with Crippen molar-refractivity contribution in [1.29, 1.82) is 0 Å². The minimum atomic E-state index is 0. The Kier molecular flexibility index (Phi) is 4.74. The average Bonchev–Trinajstić information content (AvgIpc) is 2.27. The van der Waals surface area contributed by atoms with Crippen molar-refractivity contribution in [3.63, 3.8) is 0 Å². The van der Waals surface area contributed by atoms with Gasteiger partial charge in [0.05, 0.1) is 10.2 Å². The number of rotatable bonds is 0. The predicted octanol–water partition coefficient (Wildman–Crippen LogP) is 3.03. The number of hydrogen-bond donors (Lipinski definition) is 1. The molecule has 0 aliphatic carbocycles. The summed E-state index contributed by atoms with van der Waals surface area (Å²) in [6, 6.07) is 7.92. The summed E-state index contributed by atoms with van der Waals surface area (Å²) < 4.78 is 1.15. The monoisotopic (exact) mass is 310 g/mol. The SMILES string of the molecule is Br.Br.Nc1nc2ccccc2s1. The van der Waals surface area contributed by atoms with Crippen LogP contribution in [-0.2, 0) is 0 Å². The van der Waals surface area contributed by atoms with Crippen LogP contribution < -0.4 is 5.73 Å². The van der Waals surface area contributed by atoms with Gasteiger partial charge in [-0.05, 0) is 12.1 Å². The highest BCUT2D eigenvalue weighted by molar-refractivity contribution is 8.93. The van der Waals surface area contributed by atoms with E-state index in [0.717, 1.165) is 10.2 Å². The molecule has 12 heavy (non-hydrogen) atoms. The van der Waals surface area contributed by atoms with E-state index in [9.17, 15) is 0 Å². The number of thiazole rings is 1. The van der Waals surface area contributed by atoms with Gasteiger partial charge in [-0.3, -0.25) is 0 Å². The molecule has 2 nitrogen and oxygen atoms in total. The second kappa shape index (κ2) is 4.79. The maximum atomic E-state index is 5.50. The van der Waals surface area contributed by atoms with Gasteiger partial charge >= 0.3 is 0 Å². The molecule has 1 aromatic heterocycles. The molecule has 2 aromatic rings. The molecule has 5 heteroatoms. The molecule has 0 aliphatic heterocycles. The lowest BCUT2D eigenvalue weighted by Gasteiger charge is -1.80. The van der Waals surface area contributed by atoms with Crippen LogP contribution in [0, 0.1) is 0 Å². The largest absolute Gasteiger partial charge is 0.375 e. The number of nitrogen functional groups attached to an aromatic ring is 1. The highest BCUT2D eigenvalue weighted by Gasteiger charge is 1.96. The van der Waals surface area contributed by atoms with Gasteiger partial charge in [-0.25, -0.2) is 4.98 Å². The maximum Gasteiger partial charge on any atom is 0.181 e. The summed E-state index contributed by atoms with van der Waals surface area (Å²) in [6.45, 7) is 0. The standard InChI is InChI=1S/C7H6N2S.2BrH/c8-7-9-5-3-1-2-4-6(5)10-7;;/h1-4H,(H2,8,9);2*1H. The molecule has 0 amide bonds. The molecular formula is C7H8Br2N2S. The second-order valence-corrected chi connectivity index (χ2v) is 3.08. The first-order chi connectivity index (χ1) is 4.86. The zero-order valence-corrected chi connectivity index (χ0v) is 10.3. The van der Waals surface area contributed by atoms with Gasteiger partial charge in [0.1, 0.15) is 0 Å². The number of benzene rings is 1. The number of anilines is 1. The third kappa shape index (κ3) is 2.18. The van der Waals surface area contributed by atoms with Crippen molar-refractivity contribution in [3.05, 3.63) is 24.3 Å². The first-order valence-electron chi connectivity index (χ1n) is 2.97. The molecule has 0 spiro atoms. The maximum absolute atomic E-state index is 5.50. The van der Waals surface area contributed by atoms with Gasteiger partial charge in [-0.2, -0.15) is 0 Å². The zero-order chi connectivity index (χ0) is 6.97. The smallest absolute Gasteiger partial charge is 0.181 e. The normalized spacial score (nSPS) is 8.67. The van der Waals surface area contributed by atoms with Gasteiger partial charge in [0.15, 0.2) is 5.13 Å². The molecule has 2 rings (SSSR count). The Bertz CT molecular complexity index is 328. The number of fused-ring (bicyclic) bond motifs is 1. The molecule has 0 saturated heterocycles. The van der Waals surface area contributed by atoms with Crippen LogP contribution in [0.2, 0.25) is 0 Å². The van der Waals surface area contributed by atoms with E-state index in [1.165, 1.54) is 11.3 Å². The van der Waals surface area contributed by atoms with Crippen molar-refractivity contribution in [3.8, 4) is 0 Å². The Balaban J connectivity index is 0.000000605. The van der Waals surface area contributed by atoms with E-state index in [-0.39, 0.29) is 34.0 Å². The number of nitrogens with zero attached hydrogens (tertiary/aromatic N) is 1. The summed E-state index contributed by atoms with van der Waals surface area (Å²) in [5, 5.41) is 0.640. The van der Waals surface area contributed by atoms with Crippen LogP contribution in [0.5, 0.6) is 0 Å². The van der Waals surface area contributed by atoms with Crippen molar-refractivity contribution >= 4 is 60.6 Å². The van der Waals surface area contributed by atoms with Crippen LogP contribution in [0.15, 0.2) is 24.3 Å². The van der Waals surface area contributed by atoms with Gasteiger partial charge in [0.2, 0.25) is 0 Å². The summed E-state index contributed by atoms with van der Waals surface area (Å²) in [5.74, 6) is 0. The number of aromatic nitrogens is 1. The van der Waals surface area contributed by atoms with E-state index in [2.05, 4.69) is 4.98 Å². The van der Waals surface area contributed by atoms with Crippen molar-refractivity contribution in [1.82, 2.24) is 4.98 Å². The summed E-state index contributed by atoms with van der Waals surface area (Å²) in [5.41, 5.74) is 6.49. The summed E-state index contributed by atoms with van der Waals surface area (Å²) >= 11 is 1.52. The highest BCUT2D eigenvalue weighted by atomic mass is 79.9. The van der Waals surface area contributed by atoms with Crippen molar-refractivity contribution in [2.75, 3.05) is 5.73 Å². The van der Waals surface area contributed by atoms with Gasteiger partial charge in [-0.1, -0.05) is 23.5 Å². The minimum Gasteiger partial charge on any atom is -0.375 e. The van der Waals surface area contributed by atoms with Crippen LogP contribution in [0.3, 0.4) is 0 Å². The van der Waals surface area contributed by atoms with Crippen molar-refractivity contribution in [2.24, 2.45) is 0 Å². The third-order valence-corrected chi connectivity index (χ3v) is 2.18.